The van der Waals surface area contributed by atoms with Crippen LogP contribution in [0.4, 0.5) is 0 Å². The van der Waals surface area contributed by atoms with Crippen molar-refractivity contribution in [2.75, 3.05) is 0 Å². The normalized spacial score (nSPS) is 15.4. The van der Waals surface area contributed by atoms with Gasteiger partial charge >= 0.3 is 0 Å². The van der Waals surface area contributed by atoms with E-state index in [4.69, 9.17) is 4.98 Å². The third kappa shape index (κ3) is 3.68. The predicted octanol–water partition coefficient (Wildman–Crippen LogP) is 4.62. The largest absolute Gasteiger partial charge is 0.353 e. The molecule has 1 saturated carbocycles. The first-order chi connectivity index (χ1) is 12.7. The van der Waals surface area contributed by atoms with Gasteiger partial charge in [0.2, 0.25) is 5.91 Å². The monoisotopic (exact) mass is 367 g/mol. The summed E-state index contributed by atoms with van der Waals surface area (Å²) in [7, 11) is 0. The molecule has 1 fully saturated rings. The summed E-state index contributed by atoms with van der Waals surface area (Å²) in [6.07, 6.45) is 9.51. The number of fused-ring (bicyclic) bond motifs is 1. The van der Waals surface area contributed by atoms with Crippen LogP contribution in [0.2, 0.25) is 0 Å². The summed E-state index contributed by atoms with van der Waals surface area (Å²) in [5.74, 6) is 0.124. The molecule has 136 valence electrons. The van der Waals surface area contributed by atoms with Gasteiger partial charge in [0.1, 0.15) is 0 Å². The van der Waals surface area contributed by atoms with Crippen LogP contribution >= 0.6 is 11.3 Å². The summed E-state index contributed by atoms with van der Waals surface area (Å²) in [4.78, 5) is 18.1. The third-order valence-corrected chi connectivity index (χ3v) is 6.14. The predicted molar refractivity (Wildman–Crippen MR) is 107 cm³/mol. The molecule has 0 aliphatic heterocycles. The number of nitrogens with one attached hydrogen (secondary N) is 1. The fourth-order valence-electron chi connectivity index (χ4n) is 3.70. The molecule has 3 aromatic rings. The van der Waals surface area contributed by atoms with E-state index in [1.807, 2.05) is 5.38 Å². The molecule has 5 heteroatoms. The van der Waals surface area contributed by atoms with Gasteiger partial charge in [-0.3, -0.25) is 9.20 Å². The molecular weight excluding hydrogens is 342 g/mol. The summed E-state index contributed by atoms with van der Waals surface area (Å²) < 4.78 is 2.06. The molecule has 1 aliphatic rings. The number of nitrogens with zero attached hydrogens (tertiary/aromatic N) is 2. The van der Waals surface area contributed by atoms with Crippen molar-refractivity contribution in [2.45, 2.75) is 57.9 Å². The average molecular weight is 368 g/mol. The van der Waals surface area contributed by atoms with Gasteiger partial charge in [-0.2, -0.15) is 0 Å². The Hall–Kier alpha value is -2.14. The molecule has 1 aromatic carbocycles. The molecule has 0 spiro atoms. The van der Waals surface area contributed by atoms with Crippen LogP contribution in [0.25, 0.3) is 16.2 Å². The fourth-order valence-corrected chi connectivity index (χ4v) is 4.57. The number of aromatic nitrogens is 2. The van der Waals surface area contributed by atoms with Crippen LogP contribution < -0.4 is 5.32 Å². The van der Waals surface area contributed by atoms with Gasteiger partial charge in [-0.15, -0.1) is 11.3 Å². The third-order valence-electron chi connectivity index (χ3n) is 5.25. The Balaban J connectivity index is 1.49. The standard InChI is InChI=1S/C21H25N3OS/c1-2-15-8-10-16(11-9-15)19-13-24-18(14-26-21(24)23-19)12-20(25)22-17-6-4-3-5-7-17/h8-11,13-14,17H,2-7,12H2,1H3,(H,22,25). The number of amides is 1. The zero-order chi connectivity index (χ0) is 17.9. The molecule has 26 heavy (non-hydrogen) atoms. The molecule has 1 aliphatic carbocycles. The van der Waals surface area contributed by atoms with E-state index in [0.29, 0.717) is 12.5 Å². The lowest BCUT2D eigenvalue weighted by Gasteiger charge is -2.22. The Kier molecular flexibility index (Phi) is 5.07. The van der Waals surface area contributed by atoms with Crippen molar-refractivity contribution in [3.05, 3.63) is 47.1 Å². The number of thiazole rings is 1. The second-order valence-corrected chi connectivity index (χ2v) is 7.97. The van der Waals surface area contributed by atoms with Crippen molar-refractivity contribution in [3.8, 4) is 11.3 Å². The first-order valence-electron chi connectivity index (χ1n) is 9.57. The van der Waals surface area contributed by atoms with E-state index >= 15 is 0 Å². The number of benzene rings is 1. The highest BCUT2D eigenvalue weighted by atomic mass is 32.1. The molecule has 0 radical (unpaired) electrons. The van der Waals surface area contributed by atoms with Crippen LogP contribution in [0.5, 0.6) is 0 Å². The second kappa shape index (κ2) is 7.62. The van der Waals surface area contributed by atoms with Crippen LogP contribution in [-0.2, 0) is 17.6 Å². The van der Waals surface area contributed by atoms with Gasteiger partial charge in [-0.1, -0.05) is 50.5 Å². The van der Waals surface area contributed by atoms with Crippen molar-refractivity contribution in [1.82, 2.24) is 14.7 Å². The minimum Gasteiger partial charge on any atom is -0.353 e. The van der Waals surface area contributed by atoms with Gasteiger partial charge < -0.3 is 5.32 Å². The van der Waals surface area contributed by atoms with Crippen LogP contribution in [0.15, 0.2) is 35.8 Å². The lowest BCUT2D eigenvalue weighted by Crippen LogP contribution is -2.37. The molecule has 0 atom stereocenters. The van der Waals surface area contributed by atoms with Crippen molar-refractivity contribution >= 4 is 22.2 Å². The smallest absolute Gasteiger partial charge is 0.226 e. The Morgan fingerprint density at radius 1 is 1.23 bits per heavy atom. The van der Waals surface area contributed by atoms with E-state index in [-0.39, 0.29) is 5.91 Å². The number of aryl methyl sites for hydroxylation is 1. The highest BCUT2D eigenvalue weighted by molar-refractivity contribution is 7.15. The maximum absolute atomic E-state index is 12.4. The summed E-state index contributed by atoms with van der Waals surface area (Å²) >= 11 is 1.60. The topological polar surface area (TPSA) is 46.4 Å². The number of imidazole rings is 1. The molecule has 4 nitrogen and oxygen atoms in total. The molecule has 4 rings (SSSR count). The Labute approximate surface area is 158 Å². The van der Waals surface area contributed by atoms with Gasteiger partial charge in [0.25, 0.3) is 0 Å². The Bertz CT molecular complexity index is 888. The first-order valence-corrected chi connectivity index (χ1v) is 10.4. The lowest BCUT2D eigenvalue weighted by molar-refractivity contribution is -0.121. The number of carbonyl (C=O) groups is 1. The van der Waals surface area contributed by atoms with E-state index in [0.717, 1.165) is 41.2 Å². The molecular formula is C21H25N3OS. The van der Waals surface area contributed by atoms with Crippen LogP contribution in [-0.4, -0.2) is 21.3 Å². The molecule has 0 unspecified atom stereocenters. The van der Waals surface area contributed by atoms with E-state index in [1.54, 1.807) is 11.3 Å². The van der Waals surface area contributed by atoms with E-state index in [1.165, 1.54) is 24.8 Å². The Morgan fingerprint density at radius 2 is 2.00 bits per heavy atom. The summed E-state index contributed by atoms with van der Waals surface area (Å²) in [6.45, 7) is 2.16. The van der Waals surface area contributed by atoms with Crippen molar-refractivity contribution < 1.29 is 4.79 Å². The van der Waals surface area contributed by atoms with Crippen LogP contribution in [0, 0.1) is 0 Å². The number of rotatable bonds is 5. The van der Waals surface area contributed by atoms with Crippen molar-refractivity contribution in [1.29, 1.82) is 0 Å². The molecule has 0 bridgehead atoms. The van der Waals surface area contributed by atoms with Gasteiger partial charge in [0, 0.05) is 28.9 Å². The zero-order valence-corrected chi connectivity index (χ0v) is 16.0. The van der Waals surface area contributed by atoms with Crippen molar-refractivity contribution in [3.63, 3.8) is 0 Å². The molecule has 1 N–H and O–H groups in total. The quantitative estimate of drug-likeness (QED) is 0.715. The molecule has 1 amide bonds. The maximum atomic E-state index is 12.4. The number of carbonyl (C=O) groups excluding carboxylic acids is 1. The number of hydrogen-bond donors (Lipinski definition) is 1. The molecule has 2 heterocycles. The summed E-state index contributed by atoms with van der Waals surface area (Å²) in [6, 6.07) is 8.92. The van der Waals surface area contributed by atoms with E-state index in [2.05, 4.69) is 47.1 Å². The van der Waals surface area contributed by atoms with Gasteiger partial charge in [-0.05, 0) is 24.8 Å². The van der Waals surface area contributed by atoms with Gasteiger partial charge in [-0.25, -0.2) is 4.98 Å². The summed E-state index contributed by atoms with van der Waals surface area (Å²) in [5, 5.41) is 5.25. The van der Waals surface area contributed by atoms with E-state index in [9.17, 15) is 4.79 Å². The van der Waals surface area contributed by atoms with Gasteiger partial charge in [0.15, 0.2) is 4.96 Å². The van der Waals surface area contributed by atoms with Crippen LogP contribution in [0.3, 0.4) is 0 Å². The maximum Gasteiger partial charge on any atom is 0.226 e. The first kappa shape index (κ1) is 17.3. The lowest BCUT2D eigenvalue weighted by atomic mass is 9.95. The molecule has 2 aromatic heterocycles. The average Bonchev–Trinajstić information content (AvgIpc) is 3.25. The minimum absolute atomic E-state index is 0.124. The van der Waals surface area contributed by atoms with E-state index < -0.39 is 0 Å². The highest BCUT2D eigenvalue weighted by Gasteiger charge is 2.17. The highest BCUT2D eigenvalue weighted by Crippen LogP contribution is 2.24. The molecule has 0 saturated heterocycles. The Morgan fingerprint density at radius 3 is 2.73 bits per heavy atom. The SMILES string of the molecule is CCc1ccc(-c2cn3c(CC(=O)NC4CCCCC4)csc3n2)cc1. The second-order valence-electron chi connectivity index (χ2n) is 7.14. The summed E-state index contributed by atoms with van der Waals surface area (Å²) in [5.41, 5.74) is 4.43. The van der Waals surface area contributed by atoms with Crippen molar-refractivity contribution in [2.24, 2.45) is 0 Å². The van der Waals surface area contributed by atoms with Crippen LogP contribution in [0.1, 0.15) is 50.3 Å². The fraction of sp³-hybridized carbons (Fsp3) is 0.429. The zero-order valence-electron chi connectivity index (χ0n) is 15.2. The minimum atomic E-state index is 0.124. The van der Waals surface area contributed by atoms with Gasteiger partial charge in [0.05, 0.1) is 12.1 Å². The number of hydrogen-bond acceptors (Lipinski definition) is 3.